The Bertz CT molecular complexity index is 362. The van der Waals surface area contributed by atoms with Gasteiger partial charge in [0.2, 0.25) is 11.8 Å². The standard InChI is InChI=1S/C12H17NO4/c1-8(14)6-11(16)5-3-4-10-7-13(9(2)15)12(10)17/h10H,3-7H2,1-2H3. The van der Waals surface area contributed by atoms with Gasteiger partial charge in [-0.05, 0) is 19.8 Å². The number of imide groups is 1. The van der Waals surface area contributed by atoms with Crippen molar-refractivity contribution < 1.29 is 19.2 Å². The molecule has 2 amide bonds. The second-order valence-electron chi connectivity index (χ2n) is 4.47. The summed E-state index contributed by atoms with van der Waals surface area (Å²) >= 11 is 0. The molecule has 0 aromatic carbocycles. The SMILES string of the molecule is CC(=O)CC(=O)CCCC1CN(C(C)=O)C1=O. The van der Waals surface area contributed by atoms with E-state index in [1.807, 2.05) is 0 Å². The van der Waals surface area contributed by atoms with Crippen molar-refractivity contribution in [1.29, 1.82) is 0 Å². The van der Waals surface area contributed by atoms with Crippen LogP contribution in [-0.2, 0) is 19.2 Å². The highest BCUT2D eigenvalue weighted by molar-refractivity contribution is 6.00. The summed E-state index contributed by atoms with van der Waals surface area (Å²) in [6.07, 6.45) is 1.54. The molecule has 0 aromatic rings. The van der Waals surface area contributed by atoms with Crippen LogP contribution in [0.15, 0.2) is 0 Å². The molecule has 0 N–H and O–H groups in total. The minimum atomic E-state index is -0.223. The molecule has 1 aliphatic heterocycles. The Labute approximate surface area is 100 Å². The lowest BCUT2D eigenvalue weighted by atomic mass is 9.92. The van der Waals surface area contributed by atoms with E-state index in [1.54, 1.807) is 0 Å². The van der Waals surface area contributed by atoms with E-state index >= 15 is 0 Å². The van der Waals surface area contributed by atoms with Gasteiger partial charge in [0.25, 0.3) is 0 Å². The smallest absolute Gasteiger partial charge is 0.234 e. The van der Waals surface area contributed by atoms with Gasteiger partial charge in [-0.1, -0.05) is 0 Å². The van der Waals surface area contributed by atoms with E-state index in [0.717, 1.165) is 0 Å². The molecule has 1 unspecified atom stereocenters. The van der Waals surface area contributed by atoms with Crippen LogP contribution in [0.5, 0.6) is 0 Å². The molecule has 1 aliphatic rings. The molecule has 0 saturated carbocycles. The molecular formula is C12H17NO4. The zero-order chi connectivity index (χ0) is 13.0. The maximum absolute atomic E-state index is 11.4. The molecule has 0 aromatic heterocycles. The Morgan fingerprint density at radius 1 is 1.29 bits per heavy atom. The van der Waals surface area contributed by atoms with Crippen LogP contribution in [0.3, 0.4) is 0 Å². The number of likely N-dealkylation sites (tertiary alicyclic amines) is 1. The van der Waals surface area contributed by atoms with Crippen LogP contribution in [0.4, 0.5) is 0 Å². The highest BCUT2D eigenvalue weighted by atomic mass is 16.2. The van der Waals surface area contributed by atoms with E-state index in [-0.39, 0.29) is 35.7 Å². The Morgan fingerprint density at radius 3 is 2.41 bits per heavy atom. The third-order valence-electron chi connectivity index (χ3n) is 2.85. The zero-order valence-electron chi connectivity index (χ0n) is 10.2. The molecule has 94 valence electrons. The fraction of sp³-hybridized carbons (Fsp3) is 0.667. The van der Waals surface area contributed by atoms with Crippen LogP contribution in [-0.4, -0.2) is 34.8 Å². The molecule has 0 aliphatic carbocycles. The molecule has 1 saturated heterocycles. The largest absolute Gasteiger partial charge is 0.300 e. The van der Waals surface area contributed by atoms with Crippen molar-refractivity contribution in [3.63, 3.8) is 0 Å². The van der Waals surface area contributed by atoms with Crippen molar-refractivity contribution in [3.05, 3.63) is 0 Å². The molecule has 5 nitrogen and oxygen atoms in total. The number of β-lactam (4-membered cyclic amide) rings is 1. The number of rotatable bonds is 6. The van der Waals surface area contributed by atoms with Crippen LogP contribution in [0.2, 0.25) is 0 Å². The first kappa shape index (κ1) is 13.5. The molecule has 1 fully saturated rings. The second-order valence-corrected chi connectivity index (χ2v) is 4.47. The Morgan fingerprint density at radius 2 is 1.94 bits per heavy atom. The summed E-state index contributed by atoms with van der Waals surface area (Å²) in [5.41, 5.74) is 0. The number of carbonyl (C=O) groups is 4. The zero-order valence-corrected chi connectivity index (χ0v) is 10.2. The van der Waals surface area contributed by atoms with Crippen molar-refractivity contribution in [3.8, 4) is 0 Å². The molecule has 1 atom stereocenters. The van der Waals surface area contributed by atoms with Gasteiger partial charge in [-0.3, -0.25) is 24.1 Å². The first-order valence-corrected chi connectivity index (χ1v) is 5.75. The van der Waals surface area contributed by atoms with Crippen molar-refractivity contribution >= 4 is 23.4 Å². The third-order valence-corrected chi connectivity index (χ3v) is 2.85. The molecule has 0 bridgehead atoms. The highest BCUT2D eigenvalue weighted by Gasteiger charge is 2.38. The lowest BCUT2D eigenvalue weighted by Crippen LogP contribution is -2.54. The molecule has 17 heavy (non-hydrogen) atoms. The van der Waals surface area contributed by atoms with Crippen molar-refractivity contribution in [1.82, 2.24) is 4.90 Å². The molecule has 0 radical (unpaired) electrons. The summed E-state index contributed by atoms with van der Waals surface area (Å²) < 4.78 is 0. The van der Waals surface area contributed by atoms with Crippen LogP contribution >= 0.6 is 0 Å². The topological polar surface area (TPSA) is 71.5 Å². The normalized spacial score (nSPS) is 18.8. The molecule has 0 spiro atoms. The predicted octanol–water partition coefficient (Wildman–Crippen LogP) is 0.710. The van der Waals surface area contributed by atoms with Crippen LogP contribution < -0.4 is 0 Å². The van der Waals surface area contributed by atoms with Gasteiger partial charge >= 0.3 is 0 Å². The van der Waals surface area contributed by atoms with E-state index in [1.165, 1.54) is 18.7 Å². The van der Waals surface area contributed by atoms with Gasteiger partial charge in [-0.15, -0.1) is 0 Å². The van der Waals surface area contributed by atoms with Gasteiger partial charge in [0.15, 0.2) is 0 Å². The van der Waals surface area contributed by atoms with E-state index in [2.05, 4.69) is 0 Å². The average Bonchev–Trinajstić information content (AvgIpc) is 2.19. The lowest BCUT2D eigenvalue weighted by Gasteiger charge is -2.36. The van der Waals surface area contributed by atoms with Gasteiger partial charge in [-0.2, -0.15) is 0 Å². The Hall–Kier alpha value is -1.52. The number of carbonyl (C=O) groups excluding carboxylic acids is 4. The molecule has 5 heteroatoms. The van der Waals surface area contributed by atoms with Crippen molar-refractivity contribution in [2.75, 3.05) is 6.54 Å². The van der Waals surface area contributed by atoms with Crippen molar-refractivity contribution in [2.24, 2.45) is 5.92 Å². The van der Waals surface area contributed by atoms with Crippen molar-refractivity contribution in [2.45, 2.75) is 39.5 Å². The number of amides is 2. The van der Waals surface area contributed by atoms with E-state index in [9.17, 15) is 19.2 Å². The quantitative estimate of drug-likeness (QED) is 0.505. The van der Waals surface area contributed by atoms with Gasteiger partial charge in [0.1, 0.15) is 11.6 Å². The molecule has 1 rings (SSSR count). The Kier molecular flexibility index (Phi) is 4.54. The first-order chi connectivity index (χ1) is 7.91. The monoisotopic (exact) mass is 239 g/mol. The van der Waals surface area contributed by atoms with Gasteiger partial charge in [0.05, 0.1) is 12.3 Å². The van der Waals surface area contributed by atoms with E-state index < -0.39 is 0 Å². The Balaban J connectivity index is 2.17. The number of hydrogen-bond donors (Lipinski definition) is 0. The fourth-order valence-corrected chi connectivity index (χ4v) is 1.91. The predicted molar refractivity (Wildman–Crippen MR) is 60.0 cm³/mol. The van der Waals surface area contributed by atoms with E-state index in [0.29, 0.717) is 25.8 Å². The average molecular weight is 239 g/mol. The summed E-state index contributed by atoms with van der Waals surface area (Å²) in [5.74, 6) is -0.690. The highest BCUT2D eigenvalue weighted by Crippen LogP contribution is 2.23. The van der Waals surface area contributed by atoms with Gasteiger partial charge < -0.3 is 0 Å². The van der Waals surface area contributed by atoms with Crippen LogP contribution in [0, 0.1) is 5.92 Å². The number of hydrogen-bond acceptors (Lipinski definition) is 4. The number of nitrogens with zero attached hydrogens (tertiary/aromatic N) is 1. The summed E-state index contributed by atoms with van der Waals surface area (Å²) in [6, 6.07) is 0. The first-order valence-electron chi connectivity index (χ1n) is 5.75. The number of Topliss-reactive ketones (excluding diaryl/α,β-unsaturated/α-hetero) is 2. The minimum Gasteiger partial charge on any atom is -0.300 e. The second kappa shape index (κ2) is 5.70. The third kappa shape index (κ3) is 3.76. The maximum Gasteiger partial charge on any atom is 0.234 e. The summed E-state index contributed by atoms with van der Waals surface area (Å²) in [7, 11) is 0. The van der Waals surface area contributed by atoms with Gasteiger partial charge in [-0.25, -0.2) is 0 Å². The van der Waals surface area contributed by atoms with Crippen LogP contribution in [0.25, 0.3) is 0 Å². The molecular weight excluding hydrogens is 222 g/mol. The van der Waals surface area contributed by atoms with Gasteiger partial charge in [0, 0.05) is 19.9 Å². The number of ketones is 2. The van der Waals surface area contributed by atoms with E-state index in [4.69, 9.17) is 0 Å². The van der Waals surface area contributed by atoms with Crippen LogP contribution in [0.1, 0.15) is 39.5 Å². The summed E-state index contributed by atoms with van der Waals surface area (Å²) in [6.45, 7) is 3.22. The fourth-order valence-electron chi connectivity index (χ4n) is 1.91. The summed E-state index contributed by atoms with van der Waals surface area (Å²) in [5, 5.41) is 0. The lowest BCUT2D eigenvalue weighted by molar-refractivity contribution is -0.158. The molecule has 1 heterocycles. The maximum atomic E-state index is 11.4. The summed E-state index contributed by atoms with van der Waals surface area (Å²) in [4.78, 5) is 45.4. The minimum absolute atomic E-state index is 0.0157.